The molecule has 1 aromatic heterocycles. The Kier molecular flexibility index (Phi) is 6.84. The largest absolute Gasteiger partial charge is 0.475 e. The van der Waals surface area contributed by atoms with Crippen molar-refractivity contribution in [3.63, 3.8) is 0 Å². The van der Waals surface area contributed by atoms with Gasteiger partial charge in [-0.05, 0) is 19.4 Å². The molecule has 0 aliphatic heterocycles. The number of rotatable bonds is 8. The summed E-state index contributed by atoms with van der Waals surface area (Å²) >= 11 is 0. The minimum Gasteiger partial charge on any atom is -0.475 e. The summed E-state index contributed by atoms with van der Waals surface area (Å²) in [6.07, 6.45) is 1.78. The molecule has 6 nitrogen and oxygen atoms in total. The summed E-state index contributed by atoms with van der Waals surface area (Å²) in [4.78, 5) is 15.6. The van der Waals surface area contributed by atoms with Gasteiger partial charge in [-0.1, -0.05) is 0 Å². The molecule has 0 radical (unpaired) electrons. The summed E-state index contributed by atoms with van der Waals surface area (Å²) < 4.78 is 10.2. The SMILES string of the molecule is COCCOc1ccc(NC(=O)CCC(C)O)cn1. The lowest BCUT2D eigenvalue weighted by atomic mass is 10.2. The third-order valence-corrected chi connectivity index (χ3v) is 2.35. The summed E-state index contributed by atoms with van der Waals surface area (Å²) in [5.74, 6) is 0.342. The maximum absolute atomic E-state index is 11.5. The van der Waals surface area contributed by atoms with Gasteiger partial charge in [0, 0.05) is 19.6 Å². The number of aliphatic hydroxyl groups is 1. The van der Waals surface area contributed by atoms with E-state index in [1.807, 2.05) is 0 Å². The van der Waals surface area contributed by atoms with Gasteiger partial charge in [0.25, 0.3) is 0 Å². The quantitative estimate of drug-likeness (QED) is 0.693. The van der Waals surface area contributed by atoms with Gasteiger partial charge in [0.2, 0.25) is 11.8 Å². The van der Waals surface area contributed by atoms with Gasteiger partial charge in [0.05, 0.1) is 24.6 Å². The van der Waals surface area contributed by atoms with Crippen LogP contribution in [0.1, 0.15) is 19.8 Å². The molecule has 1 amide bonds. The number of amides is 1. The van der Waals surface area contributed by atoms with Crippen LogP contribution in [0, 0.1) is 0 Å². The molecule has 1 rings (SSSR count). The smallest absolute Gasteiger partial charge is 0.224 e. The minimum absolute atomic E-state index is 0.143. The third kappa shape index (κ3) is 6.73. The van der Waals surface area contributed by atoms with E-state index in [2.05, 4.69) is 10.3 Å². The first-order valence-electron chi connectivity index (χ1n) is 6.17. The molecular weight excluding hydrogens is 248 g/mol. The molecule has 0 aromatic carbocycles. The van der Waals surface area contributed by atoms with Crippen LogP contribution in [0.4, 0.5) is 5.69 Å². The van der Waals surface area contributed by atoms with Crippen LogP contribution in [0.2, 0.25) is 0 Å². The van der Waals surface area contributed by atoms with Crippen molar-refractivity contribution in [1.82, 2.24) is 4.98 Å². The predicted octanol–water partition coefficient (Wildman–Crippen LogP) is 1.21. The molecule has 19 heavy (non-hydrogen) atoms. The number of hydrogen-bond acceptors (Lipinski definition) is 5. The van der Waals surface area contributed by atoms with Gasteiger partial charge in [-0.15, -0.1) is 0 Å². The Hall–Kier alpha value is -1.66. The third-order valence-electron chi connectivity index (χ3n) is 2.35. The van der Waals surface area contributed by atoms with Crippen molar-refractivity contribution in [3.8, 4) is 5.88 Å². The molecule has 0 bridgehead atoms. The van der Waals surface area contributed by atoms with Crippen molar-refractivity contribution in [2.24, 2.45) is 0 Å². The van der Waals surface area contributed by atoms with E-state index in [4.69, 9.17) is 14.6 Å². The molecular formula is C13H20N2O4. The van der Waals surface area contributed by atoms with E-state index in [9.17, 15) is 4.79 Å². The van der Waals surface area contributed by atoms with Crippen LogP contribution in [0.5, 0.6) is 5.88 Å². The zero-order valence-electron chi connectivity index (χ0n) is 11.3. The Morgan fingerprint density at radius 2 is 2.26 bits per heavy atom. The maximum Gasteiger partial charge on any atom is 0.224 e. The van der Waals surface area contributed by atoms with Gasteiger partial charge in [-0.25, -0.2) is 4.98 Å². The predicted molar refractivity (Wildman–Crippen MR) is 71.2 cm³/mol. The van der Waals surface area contributed by atoms with Gasteiger partial charge < -0.3 is 19.9 Å². The van der Waals surface area contributed by atoms with E-state index >= 15 is 0 Å². The molecule has 1 heterocycles. The minimum atomic E-state index is -0.472. The van der Waals surface area contributed by atoms with Crippen LogP contribution < -0.4 is 10.1 Å². The number of hydrogen-bond donors (Lipinski definition) is 2. The highest BCUT2D eigenvalue weighted by atomic mass is 16.5. The number of anilines is 1. The number of methoxy groups -OCH3 is 1. The fraction of sp³-hybridized carbons (Fsp3) is 0.538. The highest BCUT2D eigenvalue weighted by Gasteiger charge is 2.05. The van der Waals surface area contributed by atoms with Gasteiger partial charge in [0.15, 0.2) is 0 Å². The molecule has 1 aromatic rings. The lowest BCUT2D eigenvalue weighted by Crippen LogP contribution is -2.14. The normalized spacial score (nSPS) is 11.9. The Bertz CT molecular complexity index is 379. The second-order valence-electron chi connectivity index (χ2n) is 4.16. The van der Waals surface area contributed by atoms with Crippen molar-refractivity contribution in [2.45, 2.75) is 25.9 Å². The molecule has 0 fully saturated rings. The van der Waals surface area contributed by atoms with Crippen LogP contribution in [0.15, 0.2) is 18.3 Å². The molecule has 0 spiro atoms. The molecule has 2 N–H and O–H groups in total. The summed E-state index contributed by atoms with van der Waals surface area (Å²) in [6, 6.07) is 3.40. The van der Waals surface area contributed by atoms with E-state index in [1.54, 1.807) is 26.2 Å². The standard InChI is InChI=1S/C13H20N2O4/c1-10(16)3-5-12(17)15-11-4-6-13(14-9-11)19-8-7-18-2/h4,6,9-10,16H,3,5,7-8H2,1-2H3,(H,15,17). The van der Waals surface area contributed by atoms with Crippen LogP contribution in [-0.2, 0) is 9.53 Å². The molecule has 1 unspecified atom stereocenters. The highest BCUT2D eigenvalue weighted by molar-refractivity contribution is 5.90. The van der Waals surface area contributed by atoms with Crippen molar-refractivity contribution < 1.29 is 19.4 Å². The van der Waals surface area contributed by atoms with Crippen molar-refractivity contribution >= 4 is 11.6 Å². The van der Waals surface area contributed by atoms with E-state index < -0.39 is 6.10 Å². The number of carbonyl (C=O) groups excluding carboxylic acids is 1. The van der Waals surface area contributed by atoms with Gasteiger partial charge >= 0.3 is 0 Å². The van der Waals surface area contributed by atoms with E-state index in [0.29, 0.717) is 31.2 Å². The Morgan fingerprint density at radius 1 is 1.47 bits per heavy atom. The van der Waals surface area contributed by atoms with Crippen molar-refractivity contribution in [1.29, 1.82) is 0 Å². The Labute approximate surface area is 112 Å². The molecule has 0 aliphatic carbocycles. The van der Waals surface area contributed by atoms with Crippen LogP contribution in [0.3, 0.4) is 0 Å². The lowest BCUT2D eigenvalue weighted by Gasteiger charge is -2.07. The average Bonchev–Trinajstić information content (AvgIpc) is 2.39. The second-order valence-corrected chi connectivity index (χ2v) is 4.16. The first kappa shape index (κ1) is 15.4. The van der Waals surface area contributed by atoms with Crippen LogP contribution in [0.25, 0.3) is 0 Å². The first-order valence-corrected chi connectivity index (χ1v) is 6.17. The molecule has 106 valence electrons. The number of carbonyl (C=O) groups is 1. The number of nitrogens with zero attached hydrogens (tertiary/aromatic N) is 1. The van der Waals surface area contributed by atoms with Crippen molar-refractivity contribution in [2.75, 3.05) is 25.6 Å². The number of nitrogens with one attached hydrogen (secondary N) is 1. The van der Waals surface area contributed by atoms with Gasteiger partial charge in [0.1, 0.15) is 6.61 Å². The molecule has 1 atom stereocenters. The maximum atomic E-state index is 11.5. The molecule has 0 saturated heterocycles. The fourth-order valence-corrected chi connectivity index (χ4v) is 1.33. The van der Waals surface area contributed by atoms with Gasteiger partial charge in [-0.2, -0.15) is 0 Å². The number of aromatic nitrogens is 1. The van der Waals surface area contributed by atoms with E-state index in [1.165, 1.54) is 6.20 Å². The number of aliphatic hydroxyl groups excluding tert-OH is 1. The fourth-order valence-electron chi connectivity index (χ4n) is 1.33. The highest BCUT2D eigenvalue weighted by Crippen LogP contribution is 2.12. The van der Waals surface area contributed by atoms with Crippen LogP contribution >= 0.6 is 0 Å². The van der Waals surface area contributed by atoms with E-state index in [0.717, 1.165) is 0 Å². The Morgan fingerprint density at radius 3 is 2.84 bits per heavy atom. The number of ether oxygens (including phenoxy) is 2. The monoisotopic (exact) mass is 268 g/mol. The van der Waals surface area contributed by atoms with E-state index in [-0.39, 0.29) is 12.3 Å². The lowest BCUT2D eigenvalue weighted by molar-refractivity contribution is -0.116. The molecule has 0 aliphatic rings. The number of pyridine rings is 1. The second kappa shape index (κ2) is 8.44. The molecule has 6 heteroatoms. The summed E-state index contributed by atoms with van der Waals surface area (Å²) in [5, 5.41) is 11.8. The Balaban J connectivity index is 2.37. The summed E-state index contributed by atoms with van der Waals surface area (Å²) in [5.41, 5.74) is 0.606. The zero-order chi connectivity index (χ0) is 14.1. The van der Waals surface area contributed by atoms with Gasteiger partial charge in [-0.3, -0.25) is 4.79 Å². The zero-order valence-corrected chi connectivity index (χ0v) is 11.3. The summed E-state index contributed by atoms with van der Waals surface area (Å²) in [7, 11) is 1.60. The summed E-state index contributed by atoms with van der Waals surface area (Å²) in [6.45, 7) is 2.59. The van der Waals surface area contributed by atoms with Crippen LogP contribution in [-0.4, -0.2) is 42.4 Å². The van der Waals surface area contributed by atoms with Crippen molar-refractivity contribution in [3.05, 3.63) is 18.3 Å². The average molecular weight is 268 g/mol. The first-order chi connectivity index (χ1) is 9.11. The topological polar surface area (TPSA) is 80.7 Å². The molecule has 0 saturated carbocycles.